The SMILES string of the molecule is COC(=O)c1ccc2[nH]c(O)c(-c3[nH]c4ccccc4c3N=O)c2c1. The molecular formula is C18H13N3O4. The number of benzene rings is 2. The van der Waals surface area contributed by atoms with Gasteiger partial charge in [0.25, 0.3) is 0 Å². The highest BCUT2D eigenvalue weighted by atomic mass is 16.5. The third kappa shape index (κ3) is 2.17. The van der Waals surface area contributed by atoms with Crippen molar-refractivity contribution in [1.82, 2.24) is 9.97 Å². The number of rotatable bonds is 3. The van der Waals surface area contributed by atoms with E-state index in [4.69, 9.17) is 4.74 Å². The smallest absolute Gasteiger partial charge is 0.337 e. The van der Waals surface area contributed by atoms with Crippen LogP contribution in [0.4, 0.5) is 5.69 Å². The minimum absolute atomic E-state index is 0.117. The van der Waals surface area contributed by atoms with E-state index in [1.165, 1.54) is 7.11 Å². The summed E-state index contributed by atoms with van der Waals surface area (Å²) >= 11 is 0. The number of nitrogens with one attached hydrogen (secondary N) is 2. The van der Waals surface area contributed by atoms with E-state index in [9.17, 15) is 14.8 Å². The van der Waals surface area contributed by atoms with Crippen LogP contribution in [0.15, 0.2) is 47.6 Å². The number of methoxy groups -OCH3 is 1. The Morgan fingerprint density at radius 3 is 2.60 bits per heavy atom. The lowest BCUT2D eigenvalue weighted by atomic mass is 10.1. The van der Waals surface area contributed by atoms with Gasteiger partial charge in [-0.15, -0.1) is 4.91 Å². The van der Waals surface area contributed by atoms with E-state index in [0.717, 1.165) is 5.52 Å². The minimum Gasteiger partial charge on any atom is -0.494 e. The quantitative estimate of drug-likeness (QED) is 0.385. The first-order valence-electron chi connectivity index (χ1n) is 7.51. The van der Waals surface area contributed by atoms with E-state index in [-0.39, 0.29) is 11.6 Å². The van der Waals surface area contributed by atoms with Gasteiger partial charge >= 0.3 is 5.97 Å². The summed E-state index contributed by atoms with van der Waals surface area (Å²) in [7, 11) is 1.30. The van der Waals surface area contributed by atoms with Crippen LogP contribution in [0.3, 0.4) is 0 Å². The Labute approximate surface area is 141 Å². The number of fused-ring (bicyclic) bond motifs is 2. The Morgan fingerprint density at radius 2 is 1.84 bits per heavy atom. The van der Waals surface area contributed by atoms with Gasteiger partial charge in [-0.1, -0.05) is 18.2 Å². The standard InChI is InChI=1S/C18H13N3O4/c1-25-18(23)9-6-7-13-11(8-9)14(17(22)20-13)16-15(21-24)10-4-2-3-5-12(10)19-16/h2-8,19-20,22H,1H3. The maximum absolute atomic E-state index is 11.8. The summed E-state index contributed by atoms with van der Waals surface area (Å²) in [5.41, 5.74) is 2.66. The predicted octanol–water partition coefficient (Wildman–Crippen LogP) is 4.21. The molecule has 2 heterocycles. The van der Waals surface area contributed by atoms with Crippen molar-refractivity contribution < 1.29 is 14.6 Å². The van der Waals surface area contributed by atoms with E-state index in [1.807, 2.05) is 12.1 Å². The molecule has 4 aromatic rings. The lowest BCUT2D eigenvalue weighted by Gasteiger charge is -2.01. The number of H-pyrrole nitrogens is 2. The number of ether oxygens (including phenoxy) is 1. The van der Waals surface area contributed by atoms with Crippen molar-refractivity contribution in [2.45, 2.75) is 0 Å². The molecule has 0 aliphatic rings. The van der Waals surface area contributed by atoms with Crippen LogP contribution >= 0.6 is 0 Å². The molecule has 2 aromatic heterocycles. The van der Waals surface area contributed by atoms with Crippen LogP contribution in [0.25, 0.3) is 33.1 Å². The van der Waals surface area contributed by atoms with Crippen LogP contribution in [0.2, 0.25) is 0 Å². The molecule has 2 aromatic carbocycles. The lowest BCUT2D eigenvalue weighted by molar-refractivity contribution is 0.0601. The maximum Gasteiger partial charge on any atom is 0.337 e. The van der Waals surface area contributed by atoms with Crippen molar-refractivity contribution in [1.29, 1.82) is 0 Å². The fourth-order valence-electron chi connectivity index (χ4n) is 3.08. The molecule has 4 rings (SSSR count). The zero-order valence-corrected chi connectivity index (χ0v) is 13.2. The molecule has 7 nitrogen and oxygen atoms in total. The summed E-state index contributed by atoms with van der Waals surface area (Å²) in [5, 5.41) is 14.8. The van der Waals surface area contributed by atoms with Crippen LogP contribution in [0.1, 0.15) is 10.4 Å². The molecule has 124 valence electrons. The van der Waals surface area contributed by atoms with Gasteiger partial charge in [-0.05, 0) is 29.4 Å². The summed E-state index contributed by atoms with van der Waals surface area (Å²) in [5.74, 6) is -0.604. The van der Waals surface area contributed by atoms with Gasteiger partial charge in [0, 0.05) is 21.8 Å². The van der Waals surface area contributed by atoms with Crippen molar-refractivity contribution in [2.75, 3.05) is 7.11 Å². The van der Waals surface area contributed by atoms with Crippen molar-refractivity contribution in [2.24, 2.45) is 5.18 Å². The number of aromatic hydroxyl groups is 1. The van der Waals surface area contributed by atoms with E-state index in [0.29, 0.717) is 33.1 Å². The first-order valence-corrected chi connectivity index (χ1v) is 7.51. The Morgan fingerprint density at radius 1 is 1.08 bits per heavy atom. The summed E-state index contributed by atoms with van der Waals surface area (Å²) in [6.07, 6.45) is 0. The second-order valence-electron chi connectivity index (χ2n) is 5.59. The molecule has 0 radical (unpaired) electrons. The molecule has 0 saturated heterocycles. The Hall–Kier alpha value is -3.61. The molecule has 0 unspecified atom stereocenters. The van der Waals surface area contributed by atoms with Gasteiger partial charge in [-0.3, -0.25) is 0 Å². The normalized spacial score (nSPS) is 11.1. The molecule has 0 aliphatic carbocycles. The van der Waals surface area contributed by atoms with E-state index >= 15 is 0 Å². The number of carbonyl (C=O) groups excluding carboxylic acids is 1. The number of nitroso groups, excluding NO2 is 1. The van der Waals surface area contributed by atoms with Gasteiger partial charge in [0.15, 0.2) is 5.88 Å². The molecule has 0 aliphatic heterocycles. The number of hydrogen-bond acceptors (Lipinski definition) is 5. The average molecular weight is 335 g/mol. The molecule has 0 bridgehead atoms. The summed E-state index contributed by atoms with van der Waals surface area (Å²) < 4.78 is 4.74. The van der Waals surface area contributed by atoms with Gasteiger partial charge in [-0.25, -0.2) is 4.79 Å². The fraction of sp³-hybridized carbons (Fsp3) is 0.0556. The number of aromatic nitrogens is 2. The average Bonchev–Trinajstić information content (AvgIpc) is 3.16. The topological polar surface area (TPSA) is 108 Å². The highest BCUT2D eigenvalue weighted by molar-refractivity contribution is 6.08. The number of para-hydroxylation sites is 1. The van der Waals surface area contributed by atoms with Gasteiger partial charge in [0.2, 0.25) is 0 Å². The molecule has 25 heavy (non-hydrogen) atoms. The second-order valence-corrected chi connectivity index (χ2v) is 5.59. The Bertz CT molecular complexity index is 1140. The monoisotopic (exact) mass is 335 g/mol. The summed E-state index contributed by atoms with van der Waals surface area (Å²) in [6, 6.07) is 12.1. The van der Waals surface area contributed by atoms with Gasteiger partial charge in [-0.2, -0.15) is 0 Å². The Kier molecular flexibility index (Phi) is 3.28. The van der Waals surface area contributed by atoms with Crippen LogP contribution in [0, 0.1) is 4.91 Å². The number of hydrogen-bond donors (Lipinski definition) is 3. The highest BCUT2D eigenvalue weighted by Crippen LogP contribution is 2.44. The molecule has 7 heteroatoms. The fourth-order valence-corrected chi connectivity index (χ4v) is 3.08. The summed E-state index contributed by atoms with van der Waals surface area (Å²) in [6.45, 7) is 0. The third-order valence-electron chi connectivity index (χ3n) is 4.22. The number of nitrogens with zero attached hydrogens (tertiary/aromatic N) is 1. The molecule has 0 fully saturated rings. The molecule has 0 spiro atoms. The number of aromatic amines is 2. The zero-order chi connectivity index (χ0) is 17.6. The highest BCUT2D eigenvalue weighted by Gasteiger charge is 2.22. The zero-order valence-electron chi connectivity index (χ0n) is 13.2. The molecule has 3 N–H and O–H groups in total. The van der Waals surface area contributed by atoms with Gasteiger partial charge in [0.1, 0.15) is 5.69 Å². The molecule has 0 saturated carbocycles. The number of carbonyl (C=O) groups is 1. The summed E-state index contributed by atoms with van der Waals surface area (Å²) in [4.78, 5) is 29.2. The first-order chi connectivity index (χ1) is 12.1. The number of esters is 1. The molecular weight excluding hydrogens is 322 g/mol. The molecule has 0 amide bonds. The van der Waals surface area contributed by atoms with Crippen LogP contribution in [-0.2, 0) is 4.74 Å². The van der Waals surface area contributed by atoms with Gasteiger partial charge < -0.3 is 19.8 Å². The van der Waals surface area contributed by atoms with Crippen molar-refractivity contribution in [3.05, 3.63) is 52.9 Å². The Balaban J connectivity index is 2.05. The minimum atomic E-state index is -0.487. The second kappa shape index (κ2) is 5.48. The predicted molar refractivity (Wildman–Crippen MR) is 94.1 cm³/mol. The largest absolute Gasteiger partial charge is 0.494 e. The lowest BCUT2D eigenvalue weighted by Crippen LogP contribution is -2.00. The van der Waals surface area contributed by atoms with Crippen molar-refractivity contribution >= 4 is 33.5 Å². The maximum atomic E-state index is 11.8. The first kappa shape index (κ1) is 14.9. The van der Waals surface area contributed by atoms with Crippen molar-refractivity contribution in [3.63, 3.8) is 0 Å². The van der Waals surface area contributed by atoms with E-state index < -0.39 is 5.97 Å². The molecule has 0 atom stereocenters. The third-order valence-corrected chi connectivity index (χ3v) is 4.22. The van der Waals surface area contributed by atoms with Crippen LogP contribution < -0.4 is 0 Å². The van der Waals surface area contributed by atoms with Gasteiger partial charge in [0.05, 0.1) is 23.9 Å². The van der Waals surface area contributed by atoms with Crippen LogP contribution in [-0.4, -0.2) is 28.2 Å². The van der Waals surface area contributed by atoms with E-state index in [2.05, 4.69) is 15.1 Å². The van der Waals surface area contributed by atoms with E-state index in [1.54, 1.807) is 30.3 Å². The van der Waals surface area contributed by atoms with Crippen LogP contribution in [0.5, 0.6) is 5.88 Å². The van der Waals surface area contributed by atoms with Crippen molar-refractivity contribution in [3.8, 4) is 17.1 Å².